The molecule has 3 heteroatoms. The molecule has 0 aromatic heterocycles. The molecule has 1 spiro atoms. The van der Waals surface area contributed by atoms with E-state index in [-0.39, 0.29) is 11.3 Å². The average molecular weight is 202 g/mol. The minimum atomic E-state index is -0.488. The van der Waals surface area contributed by atoms with E-state index >= 15 is 0 Å². The minimum absolute atomic E-state index is 0.154. The van der Waals surface area contributed by atoms with E-state index in [0.29, 0.717) is 11.8 Å². The smallest absolute Gasteiger partial charge is 0.125 e. The Hall–Kier alpha value is 0.0700. The lowest BCUT2D eigenvalue weighted by atomic mass is 9.71. The van der Waals surface area contributed by atoms with Crippen molar-refractivity contribution in [1.29, 1.82) is 5.26 Å². The van der Waals surface area contributed by atoms with Gasteiger partial charge in [0.15, 0.2) is 0 Å². The summed E-state index contributed by atoms with van der Waals surface area (Å²) in [6, 6.07) is 2.38. The van der Waals surface area contributed by atoms with Crippen molar-refractivity contribution in [3.63, 3.8) is 0 Å². The fraction of sp³-hybridized carbons (Fsp3) is 0.889. The lowest BCUT2D eigenvalue weighted by Crippen LogP contribution is -2.29. The van der Waals surface area contributed by atoms with Crippen LogP contribution >= 0.6 is 23.2 Å². The summed E-state index contributed by atoms with van der Waals surface area (Å²) in [4.78, 5) is 0. The van der Waals surface area contributed by atoms with Gasteiger partial charge in [0, 0.05) is 5.41 Å². The molecule has 12 heavy (non-hydrogen) atoms. The highest BCUT2D eigenvalue weighted by atomic mass is 35.5. The summed E-state index contributed by atoms with van der Waals surface area (Å²) in [5.41, 5.74) is 0.154. The van der Waals surface area contributed by atoms with Crippen molar-refractivity contribution in [2.45, 2.75) is 23.6 Å². The minimum Gasteiger partial charge on any atom is -0.198 e. The maximum absolute atomic E-state index is 8.86. The van der Waals surface area contributed by atoms with Crippen LogP contribution in [0, 0.1) is 34.5 Å². The summed E-state index contributed by atoms with van der Waals surface area (Å²) in [5.74, 6) is 1.39. The molecule has 4 saturated carbocycles. The second kappa shape index (κ2) is 1.79. The number of hydrogen-bond acceptors (Lipinski definition) is 1. The predicted octanol–water partition coefficient (Wildman–Crippen LogP) is 2.73. The van der Waals surface area contributed by atoms with E-state index in [2.05, 4.69) is 6.07 Å². The number of rotatable bonds is 0. The highest BCUT2D eigenvalue weighted by Crippen LogP contribution is 2.81. The Labute approximate surface area is 81.6 Å². The Kier molecular flexibility index (Phi) is 1.11. The van der Waals surface area contributed by atoms with E-state index in [1.54, 1.807) is 0 Å². The Morgan fingerprint density at radius 1 is 1.42 bits per heavy atom. The van der Waals surface area contributed by atoms with Gasteiger partial charge in [-0.3, -0.25) is 0 Å². The van der Waals surface area contributed by atoms with Crippen molar-refractivity contribution in [2.24, 2.45) is 23.2 Å². The number of halogens is 2. The molecule has 0 aromatic rings. The average Bonchev–Trinajstić information content (AvgIpc) is 2.31. The molecule has 0 radical (unpaired) electrons. The molecule has 0 unspecified atom stereocenters. The molecule has 0 aromatic carbocycles. The third-order valence-corrected chi connectivity index (χ3v) is 5.14. The van der Waals surface area contributed by atoms with Gasteiger partial charge >= 0.3 is 0 Å². The van der Waals surface area contributed by atoms with Crippen LogP contribution in [0.3, 0.4) is 0 Å². The Bertz CT molecular complexity index is 293. The summed E-state index contributed by atoms with van der Waals surface area (Å²) in [6.45, 7) is 0. The quantitative estimate of drug-likeness (QED) is 0.554. The van der Waals surface area contributed by atoms with E-state index in [9.17, 15) is 0 Å². The monoisotopic (exact) mass is 201 g/mol. The highest BCUT2D eigenvalue weighted by molar-refractivity contribution is 6.51. The third kappa shape index (κ3) is 0.572. The van der Waals surface area contributed by atoms with E-state index in [0.717, 1.165) is 12.8 Å². The largest absolute Gasteiger partial charge is 0.198 e. The third-order valence-electron chi connectivity index (χ3n) is 4.12. The van der Waals surface area contributed by atoms with Crippen molar-refractivity contribution in [3.05, 3.63) is 0 Å². The lowest BCUT2D eigenvalue weighted by molar-refractivity contribution is 0.187. The number of hydrogen-bond donors (Lipinski definition) is 0. The number of nitriles is 1. The van der Waals surface area contributed by atoms with Crippen LogP contribution in [0.4, 0.5) is 0 Å². The molecule has 2 bridgehead atoms. The van der Waals surface area contributed by atoms with Crippen LogP contribution in [0.15, 0.2) is 0 Å². The van der Waals surface area contributed by atoms with Crippen LogP contribution in [0.1, 0.15) is 19.3 Å². The van der Waals surface area contributed by atoms with Crippen LogP contribution in [-0.4, -0.2) is 4.33 Å². The zero-order valence-corrected chi connectivity index (χ0v) is 8.07. The van der Waals surface area contributed by atoms with E-state index < -0.39 is 4.33 Å². The van der Waals surface area contributed by atoms with Crippen molar-refractivity contribution in [1.82, 2.24) is 0 Å². The summed E-state index contributed by atoms with van der Waals surface area (Å²) >= 11 is 12.2. The standard InChI is InChI=1S/C9H9Cl2N/c10-9(11)4-8(9)2-5-1-7(8)6(5)3-12/h5-7H,1-2,4H2/t5-,6-,7-,8+/m0/s1. The molecule has 64 valence electrons. The molecule has 4 aliphatic carbocycles. The zero-order valence-electron chi connectivity index (χ0n) is 6.56. The van der Waals surface area contributed by atoms with Crippen LogP contribution in [0.2, 0.25) is 0 Å². The van der Waals surface area contributed by atoms with Crippen LogP contribution in [-0.2, 0) is 0 Å². The summed E-state index contributed by atoms with van der Waals surface area (Å²) < 4.78 is -0.488. The molecule has 4 rings (SSSR count). The molecular formula is C9H9Cl2N. The SMILES string of the molecule is N#C[C@H]1[C@H]2C[C@@H]1[C@@]1(C2)CC1(Cl)Cl. The maximum Gasteiger partial charge on any atom is 0.125 e. The molecule has 0 amide bonds. The first-order valence-corrected chi connectivity index (χ1v) is 5.14. The molecule has 0 saturated heterocycles. The van der Waals surface area contributed by atoms with Crippen molar-refractivity contribution in [2.75, 3.05) is 0 Å². The Balaban J connectivity index is 1.93. The molecule has 1 nitrogen and oxygen atoms in total. The van der Waals surface area contributed by atoms with Gasteiger partial charge in [-0.05, 0) is 31.1 Å². The topological polar surface area (TPSA) is 23.8 Å². The van der Waals surface area contributed by atoms with Crippen molar-refractivity contribution >= 4 is 23.2 Å². The molecule has 4 atom stereocenters. The Morgan fingerprint density at radius 2 is 2.08 bits per heavy atom. The van der Waals surface area contributed by atoms with Gasteiger partial charge in [0.1, 0.15) is 4.33 Å². The molecule has 0 heterocycles. The Morgan fingerprint density at radius 3 is 2.42 bits per heavy atom. The van der Waals surface area contributed by atoms with Gasteiger partial charge in [-0.2, -0.15) is 5.26 Å². The number of alkyl halides is 2. The van der Waals surface area contributed by atoms with Gasteiger partial charge in [-0.25, -0.2) is 0 Å². The van der Waals surface area contributed by atoms with Crippen LogP contribution in [0.25, 0.3) is 0 Å². The van der Waals surface area contributed by atoms with Gasteiger partial charge < -0.3 is 0 Å². The van der Waals surface area contributed by atoms with Gasteiger partial charge in [0.25, 0.3) is 0 Å². The molecule has 4 fully saturated rings. The van der Waals surface area contributed by atoms with Crippen molar-refractivity contribution in [3.8, 4) is 6.07 Å². The molecular weight excluding hydrogens is 193 g/mol. The molecule has 4 aliphatic rings. The molecule has 0 N–H and O–H groups in total. The van der Waals surface area contributed by atoms with Gasteiger partial charge in [0.2, 0.25) is 0 Å². The van der Waals surface area contributed by atoms with Crippen molar-refractivity contribution < 1.29 is 0 Å². The number of nitrogens with zero attached hydrogens (tertiary/aromatic N) is 1. The van der Waals surface area contributed by atoms with Gasteiger partial charge in [-0.1, -0.05) is 0 Å². The van der Waals surface area contributed by atoms with Crippen LogP contribution < -0.4 is 0 Å². The first kappa shape index (κ1) is 7.47. The second-order valence-corrected chi connectivity index (χ2v) is 5.98. The predicted molar refractivity (Wildman–Crippen MR) is 46.8 cm³/mol. The van der Waals surface area contributed by atoms with Gasteiger partial charge in [0.05, 0.1) is 12.0 Å². The van der Waals surface area contributed by atoms with Crippen LogP contribution in [0.5, 0.6) is 0 Å². The molecule has 0 aliphatic heterocycles. The first-order valence-electron chi connectivity index (χ1n) is 4.38. The van der Waals surface area contributed by atoms with E-state index in [4.69, 9.17) is 28.5 Å². The van der Waals surface area contributed by atoms with E-state index in [1.165, 1.54) is 6.42 Å². The summed E-state index contributed by atoms with van der Waals surface area (Å²) in [5, 5.41) is 8.86. The normalized spacial score (nSPS) is 57.9. The maximum atomic E-state index is 8.86. The first-order chi connectivity index (χ1) is 5.61. The fourth-order valence-electron chi connectivity index (χ4n) is 3.32. The lowest BCUT2D eigenvalue weighted by Gasteiger charge is -2.31. The fourth-order valence-corrected chi connectivity index (χ4v) is 4.23. The van der Waals surface area contributed by atoms with Gasteiger partial charge in [-0.15, -0.1) is 23.2 Å². The summed E-state index contributed by atoms with van der Waals surface area (Å²) in [6.07, 6.45) is 3.21. The van der Waals surface area contributed by atoms with E-state index in [1.807, 2.05) is 0 Å². The highest BCUT2D eigenvalue weighted by Gasteiger charge is 2.78. The zero-order chi connectivity index (χ0) is 8.56. The summed E-state index contributed by atoms with van der Waals surface area (Å²) in [7, 11) is 0. The second-order valence-electron chi connectivity index (χ2n) is 4.50.